The lowest BCUT2D eigenvalue weighted by molar-refractivity contribution is 0.152. The molecule has 5 nitrogen and oxygen atoms in total. The number of methoxy groups -OCH3 is 2. The summed E-state index contributed by atoms with van der Waals surface area (Å²) in [5.74, 6) is 1.47. The van der Waals surface area contributed by atoms with Gasteiger partial charge in [-0.2, -0.15) is 5.10 Å². The maximum Gasteiger partial charge on any atom is 0.119 e. The van der Waals surface area contributed by atoms with E-state index in [2.05, 4.69) is 35.4 Å². The topological polar surface area (TPSA) is 39.5 Å². The van der Waals surface area contributed by atoms with Gasteiger partial charge >= 0.3 is 0 Å². The zero-order valence-corrected chi connectivity index (χ0v) is 16.5. The maximum atomic E-state index is 5.42. The zero-order chi connectivity index (χ0) is 19.3. The third kappa shape index (κ3) is 4.11. The largest absolute Gasteiger partial charge is 0.497 e. The van der Waals surface area contributed by atoms with Crippen molar-refractivity contribution in [3.8, 4) is 22.7 Å². The average molecular weight is 377 g/mol. The van der Waals surface area contributed by atoms with Crippen molar-refractivity contribution in [2.75, 3.05) is 33.9 Å². The Labute approximate surface area is 166 Å². The van der Waals surface area contributed by atoms with Crippen LogP contribution < -0.4 is 4.74 Å². The predicted octanol–water partition coefficient (Wildman–Crippen LogP) is 4.02. The summed E-state index contributed by atoms with van der Waals surface area (Å²) >= 11 is 0. The molecule has 1 saturated heterocycles. The van der Waals surface area contributed by atoms with Crippen molar-refractivity contribution in [1.29, 1.82) is 0 Å². The first-order valence-electron chi connectivity index (χ1n) is 9.76. The van der Waals surface area contributed by atoms with Crippen LogP contribution in [0.2, 0.25) is 0 Å². The number of likely N-dealkylation sites (tertiary alicyclic amines) is 1. The molecule has 0 aliphatic carbocycles. The number of aromatic nitrogens is 2. The van der Waals surface area contributed by atoms with Crippen LogP contribution in [0.15, 0.2) is 60.8 Å². The number of nitrogens with zero attached hydrogens (tertiary/aromatic N) is 3. The molecule has 1 aliphatic rings. The van der Waals surface area contributed by atoms with Gasteiger partial charge in [0.05, 0.1) is 25.1 Å². The van der Waals surface area contributed by atoms with Crippen LogP contribution in [0.4, 0.5) is 0 Å². The fraction of sp³-hybridized carbons (Fsp3) is 0.348. The van der Waals surface area contributed by atoms with Gasteiger partial charge in [-0.1, -0.05) is 30.3 Å². The predicted molar refractivity (Wildman–Crippen MR) is 111 cm³/mol. The summed E-state index contributed by atoms with van der Waals surface area (Å²) in [6, 6.07) is 18.4. The molecule has 0 bridgehead atoms. The van der Waals surface area contributed by atoms with Gasteiger partial charge in [-0.3, -0.25) is 4.90 Å². The fourth-order valence-electron chi connectivity index (χ4n) is 3.92. The zero-order valence-electron chi connectivity index (χ0n) is 16.5. The van der Waals surface area contributed by atoms with E-state index in [-0.39, 0.29) is 0 Å². The van der Waals surface area contributed by atoms with Crippen LogP contribution >= 0.6 is 0 Å². The highest BCUT2D eigenvalue weighted by Gasteiger charge is 2.24. The van der Waals surface area contributed by atoms with Gasteiger partial charge < -0.3 is 9.47 Å². The molecule has 1 aliphatic heterocycles. The van der Waals surface area contributed by atoms with Crippen LogP contribution in [-0.4, -0.2) is 48.6 Å². The lowest BCUT2D eigenvalue weighted by atomic mass is 10.1. The van der Waals surface area contributed by atoms with Gasteiger partial charge in [0, 0.05) is 37.5 Å². The van der Waals surface area contributed by atoms with Crippen LogP contribution in [0.25, 0.3) is 16.9 Å². The van der Waals surface area contributed by atoms with E-state index in [9.17, 15) is 0 Å². The van der Waals surface area contributed by atoms with Gasteiger partial charge in [0.25, 0.3) is 0 Å². The summed E-state index contributed by atoms with van der Waals surface area (Å²) in [6.45, 7) is 3.89. The molecule has 1 atom stereocenters. The monoisotopic (exact) mass is 377 g/mol. The van der Waals surface area contributed by atoms with Crippen molar-refractivity contribution in [2.24, 2.45) is 5.92 Å². The highest BCUT2D eigenvalue weighted by molar-refractivity contribution is 5.65. The van der Waals surface area contributed by atoms with E-state index in [0.29, 0.717) is 5.92 Å². The Morgan fingerprint density at radius 3 is 2.71 bits per heavy atom. The maximum absolute atomic E-state index is 5.42. The third-order valence-electron chi connectivity index (χ3n) is 5.32. The summed E-state index contributed by atoms with van der Waals surface area (Å²) in [4.78, 5) is 2.50. The number of ether oxygens (including phenoxy) is 2. The Morgan fingerprint density at radius 2 is 1.93 bits per heavy atom. The van der Waals surface area contributed by atoms with Gasteiger partial charge in [0.1, 0.15) is 5.75 Å². The first kappa shape index (κ1) is 18.7. The molecule has 0 spiro atoms. The number of rotatable bonds is 7. The van der Waals surface area contributed by atoms with Gasteiger partial charge in [-0.25, -0.2) is 4.68 Å². The molecular weight excluding hydrogens is 350 g/mol. The summed E-state index contributed by atoms with van der Waals surface area (Å²) in [6.07, 6.45) is 3.35. The smallest absolute Gasteiger partial charge is 0.119 e. The van der Waals surface area contributed by atoms with Crippen molar-refractivity contribution >= 4 is 0 Å². The van der Waals surface area contributed by atoms with E-state index in [1.807, 2.05) is 35.0 Å². The van der Waals surface area contributed by atoms with Crippen molar-refractivity contribution in [1.82, 2.24) is 14.7 Å². The van der Waals surface area contributed by atoms with Crippen LogP contribution in [0.5, 0.6) is 5.75 Å². The Bertz CT molecular complexity index is 907. The van der Waals surface area contributed by atoms with E-state index < -0.39 is 0 Å². The minimum absolute atomic E-state index is 0.620. The van der Waals surface area contributed by atoms with Crippen molar-refractivity contribution in [2.45, 2.75) is 13.0 Å². The van der Waals surface area contributed by atoms with Gasteiger partial charge in [-0.15, -0.1) is 0 Å². The van der Waals surface area contributed by atoms with Crippen LogP contribution in [0.1, 0.15) is 12.0 Å². The van der Waals surface area contributed by atoms with Gasteiger partial charge in [0.2, 0.25) is 0 Å². The lowest BCUT2D eigenvalue weighted by Crippen LogP contribution is -2.21. The van der Waals surface area contributed by atoms with Gasteiger partial charge in [0.15, 0.2) is 0 Å². The average Bonchev–Trinajstić information content (AvgIpc) is 3.36. The Morgan fingerprint density at radius 1 is 1.07 bits per heavy atom. The molecule has 4 rings (SSSR count). The molecule has 3 aromatic rings. The second kappa shape index (κ2) is 8.59. The van der Waals surface area contributed by atoms with Crippen LogP contribution in [0.3, 0.4) is 0 Å². The van der Waals surface area contributed by atoms with Crippen molar-refractivity contribution < 1.29 is 9.47 Å². The number of hydrogen-bond acceptors (Lipinski definition) is 4. The second-order valence-electron chi connectivity index (χ2n) is 7.36. The van der Waals surface area contributed by atoms with E-state index in [0.717, 1.165) is 48.9 Å². The Kier molecular flexibility index (Phi) is 5.74. The molecule has 146 valence electrons. The highest BCUT2D eigenvalue weighted by Crippen LogP contribution is 2.29. The minimum Gasteiger partial charge on any atom is -0.497 e. The molecule has 0 amide bonds. The first-order chi connectivity index (χ1) is 13.8. The molecule has 28 heavy (non-hydrogen) atoms. The highest BCUT2D eigenvalue weighted by atomic mass is 16.5. The molecular formula is C23H27N3O2. The first-order valence-corrected chi connectivity index (χ1v) is 9.76. The molecule has 2 aromatic carbocycles. The Balaban J connectivity index is 1.66. The number of benzene rings is 2. The standard InChI is InChI=1S/C23H27N3O2/c1-27-17-18-11-12-25(14-18)15-20-16-26(21-8-4-3-5-9-21)24-23(20)19-7-6-10-22(13-19)28-2/h3-10,13,16,18H,11-12,14-15,17H2,1-2H3/t18-/m1/s1. The molecule has 1 fully saturated rings. The lowest BCUT2D eigenvalue weighted by Gasteiger charge is -2.16. The molecule has 1 aromatic heterocycles. The normalized spacial score (nSPS) is 17.1. The summed E-state index contributed by atoms with van der Waals surface area (Å²) in [5.41, 5.74) is 4.39. The quantitative estimate of drug-likeness (QED) is 0.624. The van der Waals surface area contributed by atoms with E-state index in [1.165, 1.54) is 12.0 Å². The Hall–Kier alpha value is -2.63. The molecule has 0 saturated carbocycles. The third-order valence-corrected chi connectivity index (χ3v) is 5.32. The van der Waals surface area contributed by atoms with Crippen LogP contribution in [-0.2, 0) is 11.3 Å². The fourth-order valence-corrected chi connectivity index (χ4v) is 3.92. The summed E-state index contributed by atoms with van der Waals surface area (Å²) in [5, 5.41) is 4.93. The van der Waals surface area contributed by atoms with Crippen molar-refractivity contribution in [3.05, 3.63) is 66.4 Å². The summed E-state index contributed by atoms with van der Waals surface area (Å²) < 4.78 is 12.7. The second-order valence-corrected chi connectivity index (χ2v) is 7.36. The van der Waals surface area contributed by atoms with Crippen LogP contribution in [0, 0.1) is 5.92 Å². The van der Waals surface area contributed by atoms with E-state index in [4.69, 9.17) is 14.6 Å². The number of para-hydroxylation sites is 1. The minimum atomic E-state index is 0.620. The molecule has 2 heterocycles. The summed E-state index contributed by atoms with van der Waals surface area (Å²) in [7, 11) is 3.48. The SMILES string of the molecule is COC[C@@H]1CCN(Cc2cn(-c3ccccc3)nc2-c2cccc(OC)c2)C1. The molecule has 0 N–H and O–H groups in total. The van der Waals surface area contributed by atoms with E-state index in [1.54, 1.807) is 14.2 Å². The molecule has 0 radical (unpaired) electrons. The van der Waals surface area contributed by atoms with Crippen molar-refractivity contribution in [3.63, 3.8) is 0 Å². The van der Waals surface area contributed by atoms with E-state index >= 15 is 0 Å². The number of hydrogen-bond donors (Lipinski definition) is 0. The molecule has 0 unspecified atom stereocenters. The van der Waals surface area contributed by atoms with Gasteiger partial charge in [-0.05, 0) is 43.1 Å². The molecule has 5 heteroatoms.